The zero-order chi connectivity index (χ0) is 20.3. The van der Waals surface area contributed by atoms with E-state index in [9.17, 15) is 18.4 Å². The molecule has 0 aliphatic rings. The van der Waals surface area contributed by atoms with Crippen molar-refractivity contribution >= 4 is 23.2 Å². The summed E-state index contributed by atoms with van der Waals surface area (Å²) in [5, 5.41) is 5.20. The van der Waals surface area contributed by atoms with Crippen molar-refractivity contribution in [2.24, 2.45) is 0 Å². The van der Waals surface area contributed by atoms with Crippen molar-refractivity contribution in [3.05, 3.63) is 88.7 Å². The summed E-state index contributed by atoms with van der Waals surface area (Å²) in [6.07, 6.45) is 1.33. The van der Waals surface area contributed by atoms with Gasteiger partial charge >= 0.3 is 0 Å². The molecular formula is C21H17F2N3O2. The minimum Gasteiger partial charge on any atom is -0.322 e. The highest BCUT2D eigenvalue weighted by molar-refractivity contribution is 6.07. The maximum atomic E-state index is 13.3. The number of amides is 2. The van der Waals surface area contributed by atoms with Crippen LogP contribution in [0.4, 0.5) is 20.2 Å². The van der Waals surface area contributed by atoms with Crippen LogP contribution in [0.25, 0.3) is 0 Å². The van der Waals surface area contributed by atoms with Gasteiger partial charge in [-0.1, -0.05) is 6.07 Å². The molecule has 1 heterocycles. The van der Waals surface area contributed by atoms with Crippen molar-refractivity contribution in [1.29, 1.82) is 0 Å². The smallest absolute Gasteiger partial charge is 0.274 e. The number of hydrogen-bond donors (Lipinski definition) is 2. The second-order valence-electron chi connectivity index (χ2n) is 6.34. The Labute approximate surface area is 160 Å². The quantitative estimate of drug-likeness (QED) is 0.700. The molecule has 0 unspecified atom stereocenters. The predicted octanol–water partition coefficient (Wildman–Crippen LogP) is 4.48. The van der Waals surface area contributed by atoms with Crippen LogP contribution in [0, 0.1) is 25.5 Å². The first-order valence-electron chi connectivity index (χ1n) is 8.44. The second kappa shape index (κ2) is 7.96. The van der Waals surface area contributed by atoms with Gasteiger partial charge in [-0.15, -0.1) is 0 Å². The van der Waals surface area contributed by atoms with Gasteiger partial charge in [-0.3, -0.25) is 14.6 Å². The summed E-state index contributed by atoms with van der Waals surface area (Å²) in [4.78, 5) is 28.8. The summed E-state index contributed by atoms with van der Waals surface area (Å²) in [7, 11) is 0. The zero-order valence-corrected chi connectivity index (χ0v) is 15.2. The first kappa shape index (κ1) is 19.2. The van der Waals surface area contributed by atoms with E-state index >= 15 is 0 Å². The number of hydrogen-bond acceptors (Lipinski definition) is 3. The molecule has 0 atom stereocenters. The highest BCUT2D eigenvalue weighted by Crippen LogP contribution is 2.16. The molecule has 2 N–H and O–H groups in total. The van der Waals surface area contributed by atoms with Gasteiger partial charge in [-0.2, -0.15) is 0 Å². The van der Waals surface area contributed by atoms with Gasteiger partial charge in [0.1, 0.15) is 5.69 Å². The van der Waals surface area contributed by atoms with Crippen LogP contribution in [-0.2, 0) is 0 Å². The lowest BCUT2D eigenvalue weighted by atomic mass is 10.1. The predicted molar refractivity (Wildman–Crippen MR) is 102 cm³/mol. The molecule has 28 heavy (non-hydrogen) atoms. The van der Waals surface area contributed by atoms with E-state index in [2.05, 4.69) is 15.6 Å². The Hall–Kier alpha value is -3.61. The maximum absolute atomic E-state index is 13.3. The largest absolute Gasteiger partial charge is 0.322 e. The van der Waals surface area contributed by atoms with Crippen molar-refractivity contribution in [2.75, 3.05) is 10.6 Å². The average Bonchev–Trinajstić information content (AvgIpc) is 2.64. The van der Waals surface area contributed by atoms with E-state index in [0.29, 0.717) is 5.69 Å². The van der Waals surface area contributed by atoms with E-state index < -0.39 is 23.4 Å². The molecule has 7 heteroatoms. The van der Waals surface area contributed by atoms with Crippen LogP contribution in [0.5, 0.6) is 0 Å². The first-order valence-corrected chi connectivity index (χ1v) is 8.44. The zero-order valence-electron chi connectivity index (χ0n) is 15.2. The van der Waals surface area contributed by atoms with Crippen LogP contribution in [0.3, 0.4) is 0 Å². The fourth-order valence-corrected chi connectivity index (χ4v) is 2.72. The summed E-state index contributed by atoms with van der Waals surface area (Å²) < 4.78 is 26.3. The Morgan fingerprint density at radius 1 is 0.786 bits per heavy atom. The van der Waals surface area contributed by atoms with Crippen molar-refractivity contribution in [2.45, 2.75) is 13.8 Å². The Morgan fingerprint density at radius 3 is 2.14 bits per heavy atom. The molecule has 3 rings (SSSR count). The van der Waals surface area contributed by atoms with Crippen molar-refractivity contribution in [3.63, 3.8) is 0 Å². The van der Waals surface area contributed by atoms with Crippen LogP contribution in [0.2, 0.25) is 0 Å². The molecule has 2 aromatic carbocycles. The second-order valence-corrected chi connectivity index (χ2v) is 6.34. The molecule has 0 radical (unpaired) electrons. The monoisotopic (exact) mass is 381 g/mol. The number of benzene rings is 2. The number of rotatable bonds is 4. The topological polar surface area (TPSA) is 71.1 Å². The number of aryl methyl sites for hydroxylation is 2. The van der Waals surface area contributed by atoms with E-state index in [0.717, 1.165) is 23.3 Å². The number of carbonyl (C=O) groups is 2. The van der Waals surface area contributed by atoms with Gasteiger partial charge in [0.05, 0.1) is 0 Å². The van der Waals surface area contributed by atoms with Gasteiger partial charge in [-0.05, 0) is 61.4 Å². The highest BCUT2D eigenvalue weighted by Gasteiger charge is 2.13. The lowest BCUT2D eigenvalue weighted by Gasteiger charge is -2.09. The summed E-state index contributed by atoms with van der Waals surface area (Å²) in [6, 6.07) is 11.4. The molecule has 0 saturated heterocycles. The molecular weight excluding hydrogens is 364 g/mol. The van der Waals surface area contributed by atoms with Gasteiger partial charge in [0.25, 0.3) is 11.8 Å². The van der Waals surface area contributed by atoms with Crippen LogP contribution in [0.15, 0.2) is 54.7 Å². The third kappa shape index (κ3) is 4.56. The molecule has 0 aliphatic heterocycles. The number of nitrogens with one attached hydrogen (secondary N) is 2. The number of nitrogens with zero attached hydrogens (tertiary/aromatic N) is 1. The molecule has 1 aromatic heterocycles. The van der Waals surface area contributed by atoms with Gasteiger partial charge in [-0.25, -0.2) is 8.78 Å². The lowest BCUT2D eigenvalue weighted by Crippen LogP contribution is -2.17. The Kier molecular flexibility index (Phi) is 5.44. The minimum atomic E-state index is -1.07. The van der Waals surface area contributed by atoms with E-state index in [1.165, 1.54) is 24.4 Å². The number of carbonyl (C=O) groups excluding carboxylic acids is 2. The van der Waals surface area contributed by atoms with Gasteiger partial charge in [0.2, 0.25) is 0 Å². The maximum Gasteiger partial charge on any atom is 0.274 e. The number of aromatic nitrogens is 1. The summed E-state index contributed by atoms with van der Waals surface area (Å²) >= 11 is 0. The van der Waals surface area contributed by atoms with E-state index in [4.69, 9.17) is 0 Å². The highest BCUT2D eigenvalue weighted by atomic mass is 19.2. The molecule has 0 bridgehead atoms. The first-order chi connectivity index (χ1) is 13.3. The Balaban J connectivity index is 1.76. The van der Waals surface area contributed by atoms with Gasteiger partial charge in [0, 0.05) is 29.2 Å². The van der Waals surface area contributed by atoms with Crippen LogP contribution in [-0.4, -0.2) is 16.8 Å². The van der Waals surface area contributed by atoms with Crippen molar-refractivity contribution < 1.29 is 18.4 Å². The van der Waals surface area contributed by atoms with E-state index in [-0.39, 0.29) is 16.9 Å². The average molecular weight is 381 g/mol. The molecule has 0 aliphatic carbocycles. The third-order valence-corrected chi connectivity index (χ3v) is 3.91. The number of halogens is 2. The standard InChI is InChI=1S/C21H17F2N3O2/c1-12-7-13(2)9-16(8-12)26-21(28)19-10-14(5-6-24-19)20(27)25-15-3-4-17(22)18(23)11-15/h3-11H,1-2H3,(H,25,27)(H,26,28). The molecule has 0 saturated carbocycles. The van der Waals surface area contributed by atoms with E-state index in [1.807, 2.05) is 32.0 Å². The molecule has 0 spiro atoms. The van der Waals surface area contributed by atoms with Crippen LogP contribution in [0.1, 0.15) is 32.0 Å². The van der Waals surface area contributed by atoms with Gasteiger partial charge in [0.15, 0.2) is 11.6 Å². The third-order valence-electron chi connectivity index (χ3n) is 3.91. The fourth-order valence-electron chi connectivity index (χ4n) is 2.72. The van der Waals surface area contributed by atoms with Crippen molar-refractivity contribution in [1.82, 2.24) is 4.98 Å². The molecule has 5 nitrogen and oxygen atoms in total. The van der Waals surface area contributed by atoms with Crippen LogP contribution >= 0.6 is 0 Å². The molecule has 0 fully saturated rings. The van der Waals surface area contributed by atoms with Crippen LogP contribution < -0.4 is 10.6 Å². The lowest BCUT2D eigenvalue weighted by molar-refractivity contribution is 0.102. The molecule has 142 valence electrons. The number of pyridine rings is 1. The summed E-state index contributed by atoms with van der Waals surface area (Å²) in [5.74, 6) is -3.12. The van der Waals surface area contributed by atoms with Crippen molar-refractivity contribution in [3.8, 4) is 0 Å². The Morgan fingerprint density at radius 2 is 1.46 bits per heavy atom. The fraction of sp³-hybridized carbons (Fsp3) is 0.0952. The minimum absolute atomic E-state index is 0.0529. The summed E-state index contributed by atoms with van der Waals surface area (Å²) in [6.45, 7) is 3.84. The van der Waals surface area contributed by atoms with Gasteiger partial charge < -0.3 is 10.6 Å². The Bertz CT molecular complexity index is 1050. The summed E-state index contributed by atoms with van der Waals surface area (Å²) in [5.41, 5.74) is 2.94. The normalized spacial score (nSPS) is 10.4. The van der Waals surface area contributed by atoms with E-state index in [1.54, 1.807) is 0 Å². The molecule has 2 amide bonds. The number of anilines is 2. The molecule has 3 aromatic rings. The SMILES string of the molecule is Cc1cc(C)cc(NC(=O)c2cc(C(=O)Nc3ccc(F)c(F)c3)ccn2)c1.